The fraction of sp³-hybridized carbons (Fsp3) is 0.0702. The van der Waals surface area contributed by atoms with Crippen molar-refractivity contribution in [2.45, 2.75) is 26.2 Å². The third-order valence-electron chi connectivity index (χ3n) is 12.4. The summed E-state index contributed by atoms with van der Waals surface area (Å²) in [6, 6.07) is 59.9. The van der Waals surface area contributed by atoms with Crippen LogP contribution in [-0.4, -0.2) is 9.55 Å². The molecule has 59 heavy (non-hydrogen) atoms. The van der Waals surface area contributed by atoms with Crippen molar-refractivity contribution >= 4 is 74.2 Å². The Bertz CT molecular complexity index is 3330. The molecule has 0 unspecified atom stereocenters. The lowest BCUT2D eigenvalue weighted by atomic mass is 9.91. The minimum absolute atomic E-state index is 0.867. The predicted octanol–water partition coefficient (Wildman–Crippen LogP) is 13.0. The maximum absolute atomic E-state index is 5.48. The zero-order valence-corrected chi connectivity index (χ0v) is 33.1. The summed E-state index contributed by atoms with van der Waals surface area (Å²) in [6.07, 6.45) is 16.3. The fourth-order valence-electron chi connectivity index (χ4n) is 9.30. The quantitative estimate of drug-likeness (QED) is 0.165. The monoisotopic (exact) mass is 754 g/mol. The van der Waals surface area contributed by atoms with Gasteiger partial charge in [0.05, 0.1) is 11.0 Å². The van der Waals surface area contributed by atoms with E-state index >= 15 is 0 Å². The molecule has 0 atom stereocenters. The van der Waals surface area contributed by atoms with Gasteiger partial charge in [-0.15, -0.1) is 0 Å². The van der Waals surface area contributed by atoms with Crippen molar-refractivity contribution in [3.05, 3.63) is 214 Å². The van der Waals surface area contributed by atoms with E-state index in [4.69, 9.17) is 4.98 Å². The van der Waals surface area contributed by atoms with Gasteiger partial charge in [-0.1, -0.05) is 188 Å². The Morgan fingerprint density at radius 3 is 1.98 bits per heavy atom. The SMILES string of the molecule is C/C=c1/cccc/c1=C/C=C/c1c2ccccc2c(-c2ccc3ccccc3c2)c2c1nc1n2C=C(c2ccc(-c3ccc(C4=Cc5ccccc5C4)cc3)cc2)CC1. The van der Waals surface area contributed by atoms with Crippen LogP contribution in [0.3, 0.4) is 0 Å². The summed E-state index contributed by atoms with van der Waals surface area (Å²) in [5, 5.41) is 7.33. The number of fused-ring (bicyclic) bond motifs is 6. The van der Waals surface area contributed by atoms with Gasteiger partial charge in [-0.25, -0.2) is 4.98 Å². The van der Waals surface area contributed by atoms with E-state index in [2.05, 4.69) is 212 Å². The van der Waals surface area contributed by atoms with Crippen LogP contribution >= 0.6 is 0 Å². The topological polar surface area (TPSA) is 17.8 Å². The highest BCUT2D eigenvalue weighted by atomic mass is 15.1. The molecule has 280 valence electrons. The number of hydrogen-bond donors (Lipinski definition) is 0. The van der Waals surface area contributed by atoms with Gasteiger partial charge in [0.2, 0.25) is 0 Å². The predicted molar refractivity (Wildman–Crippen MR) is 252 cm³/mol. The first kappa shape index (κ1) is 34.9. The van der Waals surface area contributed by atoms with Gasteiger partial charge in [0.15, 0.2) is 0 Å². The van der Waals surface area contributed by atoms with Crippen molar-refractivity contribution in [1.82, 2.24) is 9.55 Å². The van der Waals surface area contributed by atoms with Gasteiger partial charge >= 0.3 is 0 Å². The summed E-state index contributed by atoms with van der Waals surface area (Å²) < 4.78 is 2.40. The van der Waals surface area contributed by atoms with Crippen LogP contribution in [-0.2, 0) is 12.8 Å². The van der Waals surface area contributed by atoms with Crippen LogP contribution in [0.5, 0.6) is 0 Å². The van der Waals surface area contributed by atoms with Crippen molar-refractivity contribution in [2.24, 2.45) is 0 Å². The van der Waals surface area contributed by atoms with Gasteiger partial charge in [0.25, 0.3) is 0 Å². The normalized spacial score (nSPS) is 14.3. The first-order chi connectivity index (χ1) is 29.2. The van der Waals surface area contributed by atoms with Crippen LogP contribution in [0, 0.1) is 0 Å². The highest BCUT2D eigenvalue weighted by Gasteiger charge is 2.24. The Morgan fingerprint density at radius 1 is 0.559 bits per heavy atom. The summed E-state index contributed by atoms with van der Waals surface area (Å²) in [4.78, 5) is 5.48. The highest BCUT2D eigenvalue weighted by molar-refractivity contribution is 6.17. The number of aryl methyl sites for hydroxylation is 1. The molecule has 11 rings (SSSR count). The third-order valence-corrected chi connectivity index (χ3v) is 12.4. The molecule has 2 heteroatoms. The van der Waals surface area contributed by atoms with Crippen molar-refractivity contribution in [2.75, 3.05) is 0 Å². The Labute approximate surface area is 344 Å². The maximum atomic E-state index is 5.48. The third kappa shape index (κ3) is 6.25. The Kier molecular flexibility index (Phi) is 8.63. The number of aromatic nitrogens is 2. The fourth-order valence-corrected chi connectivity index (χ4v) is 9.30. The first-order valence-corrected chi connectivity index (χ1v) is 20.7. The molecule has 1 aliphatic carbocycles. The Morgan fingerprint density at radius 2 is 1.20 bits per heavy atom. The summed E-state index contributed by atoms with van der Waals surface area (Å²) in [5.41, 5.74) is 16.2. The summed E-state index contributed by atoms with van der Waals surface area (Å²) in [6.45, 7) is 2.09. The summed E-state index contributed by atoms with van der Waals surface area (Å²) >= 11 is 0. The molecular formula is C57H42N2. The lowest BCUT2D eigenvalue weighted by Crippen LogP contribution is -2.22. The van der Waals surface area contributed by atoms with E-state index in [-0.39, 0.29) is 0 Å². The molecule has 2 nitrogen and oxygen atoms in total. The van der Waals surface area contributed by atoms with Crippen molar-refractivity contribution in [1.29, 1.82) is 0 Å². The van der Waals surface area contributed by atoms with Crippen LogP contribution in [0.25, 0.3) is 96.5 Å². The van der Waals surface area contributed by atoms with E-state index in [0.717, 1.165) is 41.7 Å². The molecule has 0 N–H and O–H groups in total. The number of imidazole rings is 1. The molecule has 0 saturated carbocycles. The van der Waals surface area contributed by atoms with Crippen LogP contribution in [0.1, 0.15) is 47.0 Å². The minimum Gasteiger partial charge on any atom is -0.302 e. The second-order valence-electron chi connectivity index (χ2n) is 15.8. The average Bonchev–Trinajstić information content (AvgIpc) is 3.91. The number of allylic oxidation sites excluding steroid dienone is 3. The molecule has 0 saturated heterocycles. The van der Waals surface area contributed by atoms with E-state index in [1.165, 1.54) is 87.6 Å². The van der Waals surface area contributed by atoms with Crippen LogP contribution in [0.15, 0.2) is 170 Å². The minimum atomic E-state index is 0.867. The second kappa shape index (κ2) is 14.6. The molecule has 0 radical (unpaired) electrons. The van der Waals surface area contributed by atoms with Gasteiger partial charge in [0.1, 0.15) is 5.82 Å². The Balaban J connectivity index is 1.02. The van der Waals surface area contributed by atoms with Gasteiger partial charge in [-0.05, 0) is 108 Å². The largest absolute Gasteiger partial charge is 0.302 e. The molecule has 1 aromatic heterocycles. The molecule has 1 aliphatic heterocycles. The van der Waals surface area contributed by atoms with E-state index in [9.17, 15) is 0 Å². The lowest BCUT2D eigenvalue weighted by molar-refractivity contribution is 0.860. The molecule has 0 fully saturated rings. The van der Waals surface area contributed by atoms with Gasteiger partial charge in [-0.2, -0.15) is 0 Å². The molecule has 2 heterocycles. The van der Waals surface area contributed by atoms with Crippen LogP contribution in [0.4, 0.5) is 0 Å². The summed E-state index contributed by atoms with van der Waals surface area (Å²) in [5.74, 6) is 1.10. The van der Waals surface area contributed by atoms with Crippen LogP contribution < -0.4 is 10.4 Å². The van der Waals surface area contributed by atoms with Crippen molar-refractivity contribution < 1.29 is 0 Å². The lowest BCUT2D eigenvalue weighted by Gasteiger charge is -2.18. The summed E-state index contributed by atoms with van der Waals surface area (Å²) in [7, 11) is 0. The average molecular weight is 755 g/mol. The van der Waals surface area contributed by atoms with Gasteiger partial charge in [0, 0.05) is 23.7 Å². The van der Waals surface area contributed by atoms with Crippen molar-refractivity contribution in [3.8, 4) is 22.3 Å². The van der Waals surface area contributed by atoms with E-state index < -0.39 is 0 Å². The van der Waals surface area contributed by atoms with Crippen LogP contribution in [0.2, 0.25) is 0 Å². The van der Waals surface area contributed by atoms with E-state index in [1.807, 2.05) is 0 Å². The number of nitrogens with zero attached hydrogens (tertiary/aromatic N) is 2. The Hall–Kier alpha value is -7.29. The molecule has 0 bridgehead atoms. The molecule has 9 aromatic rings. The van der Waals surface area contributed by atoms with Gasteiger partial charge in [-0.3, -0.25) is 0 Å². The number of benzene rings is 8. The molecular weight excluding hydrogens is 713 g/mol. The second-order valence-corrected chi connectivity index (χ2v) is 15.8. The first-order valence-electron chi connectivity index (χ1n) is 20.7. The van der Waals surface area contributed by atoms with Gasteiger partial charge < -0.3 is 4.57 Å². The van der Waals surface area contributed by atoms with E-state index in [0.29, 0.717) is 0 Å². The number of rotatable bonds is 6. The highest BCUT2D eigenvalue weighted by Crippen LogP contribution is 2.43. The zero-order chi connectivity index (χ0) is 39.3. The van der Waals surface area contributed by atoms with Crippen molar-refractivity contribution in [3.63, 3.8) is 0 Å². The molecule has 0 spiro atoms. The number of hydrogen-bond acceptors (Lipinski definition) is 1. The molecule has 2 aliphatic rings. The smallest absolute Gasteiger partial charge is 0.114 e. The zero-order valence-electron chi connectivity index (χ0n) is 33.1. The standard InChI is InChI=1S/C57H42N2/c1-2-38-12-3-4-13-39(38)18-11-21-53-51-19-9-10-20-52(51)55(48-31-30-40-14-5-6-15-45(40)34-48)57-56(53)58-54-33-32-49(37-59(54)57)43-26-22-41(23-27-43)42-24-28-44(29-25-42)50-35-46-16-7-8-17-47(46)36-50/h2-31,34-35,37H,32-33,36H2,1H3/b21-11+,38-2-,39-18-. The maximum Gasteiger partial charge on any atom is 0.114 e. The molecule has 0 amide bonds. The van der Waals surface area contributed by atoms with E-state index in [1.54, 1.807) is 0 Å². The molecule has 8 aromatic carbocycles.